The van der Waals surface area contributed by atoms with Gasteiger partial charge in [-0.05, 0) is 29.7 Å². The Kier molecular flexibility index (Phi) is 1.93. The van der Waals surface area contributed by atoms with Crippen LogP contribution in [0.2, 0.25) is 0 Å². The molecule has 0 spiro atoms. The second kappa shape index (κ2) is 3.49. The van der Waals surface area contributed by atoms with Crippen LogP contribution in [-0.4, -0.2) is 4.57 Å². The Morgan fingerprint density at radius 1 is 1.17 bits per heavy atom. The molecule has 0 aliphatic heterocycles. The molecular weight excluding hydrogens is 218 g/mol. The Balaban J connectivity index is 2.09. The number of fused-ring (bicyclic) bond motifs is 5. The third-order valence-corrected chi connectivity index (χ3v) is 4.17. The second-order valence-electron chi connectivity index (χ2n) is 5.09. The van der Waals surface area contributed by atoms with E-state index in [-0.39, 0.29) is 0 Å². The van der Waals surface area contributed by atoms with Crippen LogP contribution < -0.4 is 0 Å². The predicted molar refractivity (Wildman–Crippen MR) is 76.5 cm³/mol. The molecule has 0 N–H and O–H groups in total. The summed E-state index contributed by atoms with van der Waals surface area (Å²) in [6, 6.07) is 8.73. The zero-order valence-electron chi connectivity index (χ0n) is 10.4. The van der Waals surface area contributed by atoms with E-state index in [4.69, 9.17) is 0 Å². The van der Waals surface area contributed by atoms with E-state index in [0.29, 0.717) is 5.92 Å². The van der Waals surface area contributed by atoms with Crippen molar-refractivity contribution in [1.82, 2.24) is 4.57 Å². The van der Waals surface area contributed by atoms with Gasteiger partial charge >= 0.3 is 0 Å². The average Bonchev–Trinajstić information content (AvgIpc) is 2.73. The largest absolute Gasteiger partial charge is 0.344 e. The first kappa shape index (κ1) is 9.95. The van der Waals surface area contributed by atoms with Gasteiger partial charge in [-0.15, -0.1) is 0 Å². The van der Waals surface area contributed by atoms with Crippen LogP contribution in [0.1, 0.15) is 23.6 Å². The van der Waals surface area contributed by atoms with Crippen molar-refractivity contribution < 1.29 is 0 Å². The molecule has 2 aromatic rings. The van der Waals surface area contributed by atoms with Gasteiger partial charge in [-0.3, -0.25) is 0 Å². The van der Waals surface area contributed by atoms with E-state index in [1.165, 1.54) is 27.7 Å². The zero-order chi connectivity index (χ0) is 12.1. The minimum absolute atomic E-state index is 0.543. The molecule has 2 aliphatic carbocycles. The molecule has 0 bridgehead atoms. The van der Waals surface area contributed by atoms with E-state index in [1.807, 2.05) is 0 Å². The summed E-state index contributed by atoms with van der Waals surface area (Å²) < 4.78 is 2.32. The number of nitrogens with zero attached hydrogens (tertiary/aromatic N) is 1. The van der Waals surface area contributed by atoms with E-state index in [1.54, 1.807) is 0 Å². The van der Waals surface area contributed by atoms with Crippen molar-refractivity contribution >= 4 is 17.0 Å². The molecule has 1 nitrogen and oxygen atoms in total. The lowest BCUT2D eigenvalue weighted by Crippen LogP contribution is -2.08. The lowest BCUT2D eigenvalue weighted by atomic mass is 9.80. The van der Waals surface area contributed by atoms with Gasteiger partial charge in [0.2, 0.25) is 0 Å². The Bertz CT molecular complexity index is 725. The van der Waals surface area contributed by atoms with E-state index in [2.05, 4.69) is 66.3 Å². The number of hydrogen-bond donors (Lipinski definition) is 0. The van der Waals surface area contributed by atoms with Gasteiger partial charge in [0, 0.05) is 29.6 Å². The van der Waals surface area contributed by atoms with Crippen molar-refractivity contribution in [3.05, 3.63) is 65.4 Å². The fourth-order valence-corrected chi connectivity index (χ4v) is 3.29. The monoisotopic (exact) mass is 233 g/mol. The van der Waals surface area contributed by atoms with Crippen molar-refractivity contribution in [3.63, 3.8) is 0 Å². The van der Waals surface area contributed by atoms with Gasteiger partial charge in [-0.25, -0.2) is 0 Å². The first-order valence-corrected chi connectivity index (χ1v) is 6.48. The number of benzene rings is 1. The summed E-state index contributed by atoms with van der Waals surface area (Å²) >= 11 is 0. The summed E-state index contributed by atoms with van der Waals surface area (Å²) in [6.45, 7) is 0. The summed E-state index contributed by atoms with van der Waals surface area (Å²) in [6.07, 6.45) is 12.4. The number of para-hydroxylation sites is 1. The van der Waals surface area contributed by atoms with Gasteiger partial charge in [0.1, 0.15) is 0 Å². The van der Waals surface area contributed by atoms with Crippen molar-refractivity contribution in [3.8, 4) is 0 Å². The highest BCUT2D eigenvalue weighted by Gasteiger charge is 2.26. The van der Waals surface area contributed by atoms with Gasteiger partial charge in [-0.1, -0.05) is 42.5 Å². The average molecular weight is 233 g/mol. The quantitative estimate of drug-likeness (QED) is 0.643. The lowest BCUT2D eigenvalue weighted by molar-refractivity contribution is 0.802. The summed E-state index contributed by atoms with van der Waals surface area (Å²) in [5.74, 6) is 0.543. The molecule has 0 fully saturated rings. The van der Waals surface area contributed by atoms with E-state index < -0.39 is 0 Å². The minimum atomic E-state index is 0.543. The number of allylic oxidation sites excluding steroid dienone is 5. The molecule has 4 rings (SSSR count). The second-order valence-corrected chi connectivity index (χ2v) is 5.09. The first-order valence-electron chi connectivity index (χ1n) is 6.48. The van der Waals surface area contributed by atoms with Gasteiger partial charge in [0.05, 0.1) is 0 Å². The topological polar surface area (TPSA) is 4.93 Å². The van der Waals surface area contributed by atoms with Crippen molar-refractivity contribution in [2.45, 2.75) is 12.3 Å². The van der Waals surface area contributed by atoms with E-state index in [0.717, 1.165) is 6.42 Å². The Labute approximate surface area is 107 Å². The standard InChI is InChI=1S/C17H15N/c1-18-15-9-5-4-8-14(15)17-13-7-3-2-6-12(13)10-11-16(17)18/h2-6,8-11,13H,7H2,1H3. The third kappa shape index (κ3) is 1.16. The maximum absolute atomic E-state index is 2.32. The maximum Gasteiger partial charge on any atom is 0.0485 e. The molecular formula is C17H15N. The zero-order valence-corrected chi connectivity index (χ0v) is 10.4. The number of rotatable bonds is 0. The highest BCUT2D eigenvalue weighted by Crippen LogP contribution is 2.43. The van der Waals surface area contributed by atoms with Crippen LogP contribution in [-0.2, 0) is 7.05 Å². The molecule has 2 aliphatic rings. The third-order valence-electron chi connectivity index (χ3n) is 4.17. The first-order chi connectivity index (χ1) is 8.86. The molecule has 1 heteroatoms. The Morgan fingerprint density at radius 3 is 3.00 bits per heavy atom. The fourth-order valence-electron chi connectivity index (χ4n) is 3.29. The normalized spacial score (nSPS) is 20.7. The number of aryl methyl sites for hydroxylation is 1. The maximum atomic E-state index is 2.32. The van der Waals surface area contributed by atoms with Crippen LogP contribution in [0.3, 0.4) is 0 Å². The molecule has 1 aromatic heterocycles. The van der Waals surface area contributed by atoms with Gasteiger partial charge in [-0.2, -0.15) is 0 Å². The van der Waals surface area contributed by atoms with Gasteiger partial charge < -0.3 is 4.57 Å². The van der Waals surface area contributed by atoms with E-state index >= 15 is 0 Å². The van der Waals surface area contributed by atoms with Crippen molar-refractivity contribution in [2.24, 2.45) is 7.05 Å². The van der Waals surface area contributed by atoms with Crippen molar-refractivity contribution in [2.75, 3.05) is 0 Å². The lowest BCUT2D eigenvalue weighted by Gasteiger charge is -2.24. The summed E-state index contributed by atoms with van der Waals surface area (Å²) in [4.78, 5) is 0. The summed E-state index contributed by atoms with van der Waals surface area (Å²) in [5.41, 5.74) is 5.66. The highest BCUT2D eigenvalue weighted by molar-refractivity contribution is 5.90. The highest BCUT2D eigenvalue weighted by atomic mass is 14.9. The van der Waals surface area contributed by atoms with Crippen LogP contribution >= 0.6 is 0 Å². The molecule has 0 amide bonds. The van der Waals surface area contributed by atoms with Crippen LogP contribution in [0.5, 0.6) is 0 Å². The molecule has 88 valence electrons. The van der Waals surface area contributed by atoms with Gasteiger partial charge in [0.15, 0.2) is 0 Å². The SMILES string of the molecule is Cn1c2c(c3ccccc31)C1CC=CC=C1C=C2. The molecule has 1 unspecified atom stereocenters. The smallest absolute Gasteiger partial charge is 0.0485 e. The van der Waals surface area contributed by atoms with Gasteiger partial charge in [0.25, 0.3) is 0 Å². The Hall–Kier alpha value is -2.02. The molecule has 1 atom stereocenters. The predicted octanol–water partition coefficient (Wildman–Crippen LogP) is 4.18. The summed E-state index contributed by atoms with van der Waals surface area (Å²) in [5, 5.41) is 1.41. The van der Waals surface area contributed by atoms with Crippen LogP contribution in [0.15, 0.2) is 54.1 Å². The number of aromatic nitrogens is 1. The molecule has 1 aromatic carbocycles. The molecule has 0 saturated heterocycles. The molecule has 1 heterocycles. The molecule has 18 heavy (non-hydrogen) atoms. The molecule has 0 radical (unpaired) electrons. The van der Waals surface area contributed by atoms with Crippen molar-refractivity contribution in [1.29, 1.82) is 0 Å². The number of hydrogen-bond acceptors (Lipinski definition) is 0. The molecule has 0 saturated carbocycles. The minimum Gasteiger partial charge on any atom is -0.344 e. The van der Waals surface area contributed by atoms with Crippen LogP contribution in [0, 0.1) is 0 Å². The summed E-state index contributed by atoms with van der Waals surface area (Å²) in [7, 11) is 2.17. The van der Waals surface area contributed by atoms with Crippen LogP contribution in [0.4, 0.5) is 0 Å². The van der Waals surface area contributed by atoms with Crippen LogP contribution in [0.25, 0.3) is 17.0 Å². The van der Waals surface area contributed by atoms with E-state index in [9.17, 15) is 0 Å². The fraction of sp³-hybridized carbons (Fsp3) is 0.176. The Morgan fingerprint density at radius 2 is 2.06 bits per heavy atom.